The van der Waals surface area contributed by atoms with Gasteiger partial charge in [0.15, 0.2) is 0 Å². The van der Waals surface area contributed by atoms with Crippen LogP contribution in [0.5, 0.6) is 0 Å². The third-order valence-corrected chi connectivity index (χ3v) is 4.07. The Morgan fingerprint density at radius 3 is 2.65 bits per heavy atom. The van der Waals surface area contributed by atoms with Crippen LogP contribution < -0.4 is 5.32 Å². The van der Waals surface area contributed by atoms with Gasteiger partial charge in [0.2, 0.25) is 5.91 Å². The molecule has 0 aliphatic carbocycles. The first-order valence-electron chi connectivity index (χ1n) is 6.11. The van der Waals surface area contributed by atoms with E-state index in [0.717, 1.165) is 44.6 Å². The second-order valence-corrected chi connectivity index (χ2v) is 4.98. The number of likely N-dealkylation sites (tertiary alicyclic amines) is 1. The molecule has 0 aromatic carbocycles. The molecule has 0 atom stereocenters. The molecular formula is C12H16N2O3. The number of nitrogens with one attached hydrogen (secondary N) is 1. The lowest BCUT2D eigenvalue weighted by molar-refractivity contribution is -0.137. The fourth-order valence-electron chi connectivity index (χ4n) is 2.98. The van der Waals surface area contributed by atoms with Gasteiger partial charge in [-0.25, -0.2) is 4.79 Å². The van der Waals surface area contributed by atoms with Crippen LogP contribution in [0.15, 0.2) is 11.8 Å². The van der Waals surface area contributed by atoms with E-state index in [1.807, 2.05) is 0 Å². The van der Waals surface area contributed by atoms with E-state index in [1.165, 1.54) is 6.08 Å². The molecule has 0 aromatic rings. The van der Waals surface area contributed by atoms with E-state index in [9.17, 15) is 9.59 Å². The Morgan fingerprint density at radius 2 is 2.00 bits per heavy atom. The van der Waals surface area contributed by atoms with Crippen molar-refractivity contribution in [2.24, 2.45) is 5.41 Å². The number of esters is 1. The Kier molecular flexibility index (Phi) is 2.43. The van der Waals surface area contributed by atoms with Crippen molar-refractivity contribution in [2.75, 3.05) is 26.2 Å². The summed E-state index contributed by atoms with van der Waals surface area (Å²) >= 11 is 0. The molecule has 0 unspecified atom stereocenters. The summed E-state index contributed by atoms with van der Waals surface area (Å²) in [6, 6.07) is 0. The Hall–Kier alpha value is -1.36. The van der Waals surface area contributed by atoms with E-state index in [-0.39, 0.29) is 23.9 Å². The maximum atomic E-state index is 12.5. The molecule has 2 fully saturated rings. The second kappa shape index (κ2) is 3.84. The number of nitrogens with zero attached hydrogens (tertiary/aromatic N) is 1. The summed E-state index contributed by atoms with van der Waals surface area (Å²) in [6.07, 6.45) is 4.16. The van der Waals surface area contributed by atoms with Gasteiger partial charge in [0.25, 0.3) is 0 Å². The van der Waals surface area contributed by atoms with Crippen LogP contribution in [-0.2, 0) is 14.3 Å². The van der Waals surface area contributed by atoms with Crippen molar-refractivity contribution in [3.05, 3.63) is 11.8 Å². The van der Waals surface area contributed by atoms with E-state index in [2.05, 4.69) is 5.32 Å². The number of hydrogen-bond donors (Lipinski definition) is 1. The van der Waals surface area contributed by atoms with Crippen LogP contribution in [0.2, 0.25) is 0 Å². The van der Waals surface area contributed by atoms with Gasteiger partial charge >= 0.3 is 5.97 Å². The Labute approximate surface area is 99.8 Å². The summed E-state index contributed by atoms with van der Waals surface area (Å²) in [5.41, 5.74) is 0.549. The number of ether oxygens (including phenoxy) is 1. The molecule has 1 spiro atoms. The Morgan fingerprint density at radius 1 is 1.24 bits per heavy atom. The number of hydrogen-bond acceptors (Lipinski definition) is 4. The largest absolute Gasteiger partial charge is 0.456 e. The van der Waals surface area contributed by atoms with Gasteiger partial charge in [-0.15, -0.1) is 0 Å². The van der Waals surface area contributed by atoms with Crippen molar-refractivity contribution in [2.45, 2.75) is 19.3 Å². The molecule has 3 rings (SSSR count). The molecule has 5 nitrogen and oxygen atoms in total. The fourth-order valence-corrected chi connectivity index (χ4v) is 2.98. The van der Waals surface area contributed by atoms with Gasteiger partial charge < -0.3 is 15.0 Å². The lowest BCUT2D eigenvalue weighted by atomic mass is 9.78. The van der Waals surface area contributed by atoms with Gasteiger partial charge in [-0.2, -0.15) is 0 Å². The number of amides is 1. The molecule has 17 heavy (non-hydrogen) atoms. The SMILES string of the molecule is O=C1C=C(N2CCC3(CCNCC3)C2=O)CO1. The maximum absolute atomic E-state index is 12.5. The van der Waals surface area contributed by atoms with Crippen LogP contribution in [0.4, 0.5) is 0 Å². The van der Waals surface area contributed by atoms with Gasteiger partial charge in [-0.05, 0) is 32.4 Å². The highest BCUT2D eigenvalue weighted by atomic mass is 16.5. The predicted octanol–water partition coefficient (Wildman–Crippen LogP) is 0.0292. The standard InChI is InChI=1S/C12H16N2O3/c15-10-7-9(8-17-10)14-6-3-12(11(14)16)1-4-13-5-2-12/h7,13H,1-6,8H2. The normalized spacial score (nSPS) is 27.5. The van der Waals surface area contributed by atoms with Crippen LogP contribution in [0.25, 0.3) is 0 Å². The predicted molar refractivity (Wildman–Crippen MR) is 59.9 cm³/mol. The van der Waals surface area contributed by atoms with Crippen molar-refractivity contribution in [1.29, 1.82) is 0 Å². The van der Waals surface area contributed by atoms with E-state index in [1.54, 1.807) is 4.90 Å². The summed E-state index contributed by atoms with van der Waals surface area (Å²) in [5.74, 6) is -0.150. The van der Waals surface area contributed by atoms with Crippen LogP contribution >= 0.6 is 0 Å². The first kappa shape index (κ1) is 10.8. The number of cyclic esters (lactones) is 1. The summed E-state index contributed by atoms with van der Waals surface area (Å²) in [4.78, 5) is 25.3. The average Bonchev–Trinajstić information content (AvgIpc) is 2.88. The lowest BCUT2D eigenvalue weighted by Gasteiger charge is -2.32. The molecule has 1 N–H and O–H groups in total. The first-order chi connectivity index (χ1) is 8.21. The summed E-state index contributed by atoms with van der Waals surface area (Å²) < 4.78 is 4.86. The van der Waals surface area contributed by atoms with Crippen molar-refractivity contribution < 1.29 is 14.3 Å². The minimum atomic E-state index is -0.334. The van der Waals surface area contributed by atoms with E-state index in [4.69, 9.17) is 4.74 Å². The number of piperidine rings is 1. The molecule has 0 saturated carbocycles. The Balaban J connectivity index is 1.80. The average molecular weight is 236 g/mol. The van der Waals surface area contributed by atoms with Crippen molar-refractivity contribution in [3.8, 4) is 0 Å². The highest BCUT2D eigenvalue weighted by Crippen LogP contribution is 2.41. The van der Waals surface area contributed by atoms with Gasteiger partial charge in [0.1, 0.15) is 6.61 Å². The third-order valence-electron chi connectivity index (χ3n) is 4.07. The molecule has 3 heterocycles. The molecule has 1 amide bonds. The molecule has 0 radical (unpaired) electrons. The van der Waals surface area contributed by atoms with Crippen molar-refractivity contribution in [3.63, 3.8) is 0 Å². The van der Waals surface area contributed by atoms with E-state index >= 15 is 0 Å². The minimum absolute atomic E-state index is 0.183. The highest BCUT2D eigenvalue weighted by Gasteiger charge is 2.48. The second-order valence-electron chi connectivity index (χ2n) is 4.98. The zero-order valence-electron chi connectivity index (χ0n) is 9.70. The number of rotatable bonds is 1. The first-order valence-corrected chi connectivity index (χ1v) is 6.11. The fraction of sp³-hybridized carbons (Fsp3) is 0.667. The zero-order chi connectivity index (χ0) is 11.9. The number of carbonyl (C=O) groups is 2. The molecule has 92 valence electrons. The molecule has 2 saturated heterocycles. The quantitative estimate of drug-likeness (QED) is 0.653. The number of carbonyl (C=O) groups excluding carboxylic acids is 2. The molecule has 0 bridgehead atoms. The molecule has 0 aromatic heterocycles. The summed E-state index contributed by atoms with van der Waals surface area (Å²) in [7, 11) is 0. The van der Waals surface area contributed by atoms with Crippen LogP contribution in [0.3, 0.4) is 0 Å². The Bertz CT molecular complexity index is 397. The zero-order valence-corrected chi connectivity index (χ0v) is 9.70. The smallest absolute Gasteiger partial charge is 0.333 e. The third kappa shape index (κ3) is 1.65. The summed E-state index contributed by atoms with van der Waals surface area (Å²) in [5, 5.41) is 3.28. The lowest BCUT2D eigenvalue weighted by Crippen LogP contribution is -2.42. The minimum Gasteiger partial charge on any atom is -0.456 e. The van der Waals surface area contributed by atoms with Crippen LogP contribution in [0.1, 0.15) is 19.3 Å². The summed E-state index contributed by atoms with van der Waals surface area (Å²) in [6.45, 7) is 2.79. The van der Waals surface area contributed by atoms with Crippen LogP contribution in [0, 0.1) is 5.41 Å². The van der Waals surface area contributed by atoms with E-state index < -0.39 is 0 Å². The monoisotopic (exact) mass is 236 g/mol. The molecule has 3 aliphatic rings. The highest BCUT2D eigenvalue weighted by molar-refractivity contribution is 5.90. The van der Waals surface area contributed by atoms with Crippen molar-refractivity contribution >= 4 is 11.9 Å². The van der Waals surface area contributed by atoms with Gasteiger partial charge in [-0.3, -0.25) is 4.79 Å². The van der Waals surface area contributed by atoms with Crippen LogP contribution in [-0.4, -0.2) is 43.0 Å². The van der Waals surface area contributed by atoms with E-state index in [0.29, 0.717) is 0 Å². The molecule has 3 aliphatic heterocycles. The van der Waals surface area contributed by atoms with Gasteiger partial charge in [0, 0.05) is 12.6 Å². The molecule has 5 heteroatoms. The topological polar surface area (TPSA) is 58.6 Å². The maximum Gasteiger partial charge on any atom is 0.333 e. The van der Waals surface area contributed by atoms with Gasteiger partial charge in [0.05, 0.1) is 11.1 Å². The molecular weight excluding hydrogens is 220 g/mol. The van der Waals surface area contributed by atoms with Crippen molar-refractivity contribution in [1.82, 2.24) is 10.2 Å². The van der Waals surface area contributed by atoms with Gasteiger partial charge in [-0.1, -0.05) is 0 Å².